The molecule has 0 saturated carbocycles. The van der Waals surface area contributed by atoms with Crippen LogP contribution in [0.4, 0.5) is 10.2 Å². The minimum atomic E-state index is -1.87. The van der Waals surface area contributed by atoms with Gasteiger partial charge in [0.2, 0.25) is 0 Å². The number of hydrogen-bond donors (Lipinski definition) is 1. The van der Waals surface area contributed by atoms with E-state index in [-0.39, 0.29) is 6.42 Å². The van der Waals surface area contributed by atoms with Crippen LogP contribution in [0.5, 0.6) is 0 Å². The van der Waals surface area contributed by atoms with E-state index in [0.717, 1.165) is 0 Å². The molecule has 118 valence electrons. The standard InChI is InChI=1S/C15H15FN6O/c1-4-15(23)6-10(5-11(15)16)22-9-19-12-13(20-8-21(2)3)17-7-18-14(12)22/h1,5,7-10,23H,6H2,2-3H3/t10-,15-/m0/s1. The molecule has 0 saturated heterocycles. The molecule has 1 aliphatic rings. The van der Waals surface area contributed by atoms with Crippen molar-refractivity contribution in [3.8, 4) is 12.3 Å². The number of imidazole rings is 1. The number of aliphatic hydroxyl groups is 1. The largest absolute Gasteiger partial charge is 0.371 e. The maximum absolute atomic E-state index is 13.9. The van der Waals surface area contributed by atoms with Crippen molar-refractivity contribution in [2.45, 2.75) is 18.1 Å². The molecule has 8 heteroatoms. The highest BCUT2D eigenvalue weighted by Crippen LogP contribution is 2.38. The second kappa shape index (κ2) is 5.44. The Kier molecular flexibility index (Phi) is 3.58. The SMILES string of the molecule is C#C[C@]1(O)C[C@@H](n2cnc3c(N=CN(C)C)ncnc32)C=C1F. The molecule has 0 aliphatic heterocycles. The molecule has 1 N–H and O–H groups in total. The molecule has 23 heavy (non-hydrogen) atoms. The van der Waals surface area contributed by atoms with Gasteiger partial charge in [0.05, 0.1) is 18.7 Å². The first-order valence-corrected chi connectivity index (χ1v) is 6.90. The van der Waals surface area contributed by atoms with Crippen LogP contribution in [0, 0.1) is 12.3 Å². The number of aliphatic imine (C=N–C) groups is 1. The Morgan fingerprint density at radius 2 is 2.30 bits per heavy atom. The fourth-order valence-corrected chi connectivity index (χ4v) is 2.42. The van der Waals surface area contributed by atoms with Crippen LogP contribution < -0.4 is 0 Å². The second-order valence-corrected chi connectivity index (χ2v) is 5.52. The van der Waals surface area contributed by atoms with Crippen molar-refractivity contribution in [2.75, 3.05) is 14.1 Å². The normalized spacial score (nSPS) is 24.1. The Hall–Kier alpha value is -2.79. The monoisotopic (exact) mass is 314 g/mol. The lowest BCUT2D eigenvalue weighted by atomic mass is 10.0. The molecule has 0 spiro atoms. The number of hydrogen-bond acceptors (Lipinski definition) is 5. The van der Waals surface area contributed by atoms with E-state index in [1.165, 1.54) is 18.7 Å². The fourth-order valence-electron chi connectivity index (χ4n) is 2.42. The lowest BCUT2D eigenvalue weighted by Gasteiger charge is -2.17. The van der Waals surface area contributed by atoms with Crippen LogP contribution in [0.3, 0.4) is 0 Å². The zero-order valence-electron chi connectivity index (χ0n) is 12.7. The number of aromatic nitrogens is 4. The Morgan fingerprint density at radius 1 is 1.52 bits per heavy atom. The summed E-state index contributed by atoms with van der Waals surface area (Å²) in [5.74, 6) is 1.78. The number of fused-ring (bicyclic) bond motifs is 1. The van der Waals surface area contributed by atoms with Gasteiger partial charge in [0.25, 0.3) is 0 Å². The summed E-state index contributed by atoms with van der Waals surface area (Å²) in [6.07, 6.45) is 11.0. The summed E-state index contributed by atoms with van der Waals surface area (Å²) >= 11 is 0. The van der Waals surface area contributed by atoms with Gasteiger partial charge in [-0.05, 0) is 6.08 Å². The summed E-state index contributed by atoms with van der Waals surface area (Å²) in [5.41, 5.74) is -0.878. The molecule has 0 radical (unpaired) electrons. The number of allylic oxidation sites excluding steroid dienone is 1. The molecule has 2 aromatic rings. The van der Waals surface area contributed by atoms with Crippen LogP contribution in [-0.2, 0) is 0 Å². The van der Waals surface area contributed by atoms with E-state index >= 15 is 0 Å². The third-order valence-electron chi connectivity index (χ3n) is 3.58. The van der Waals surface area contributed by atoms with E-state index in [4.69, 9.17) is 6.42 Å². The highest BCUT2D eigenvalue weighted by atomic mass is 19.1. The van der Waals surface area contributed by atoms with Gasteiger partial charge in [-0.25, -0.2) is 24.3 Å². The summed E-state index contributed by atoms with van der Waals surface area (Å²) in [6.45, 7) is 0. The van der Waals surface area contributed by atoms with E-state index in [9.17, 15) is 9.50 Å². The van der Waals surface area contributed by atoms with E-state index in [1.807, 2.05) is 14.1 Å². The van der Waals surface area contributed by atoms with Crippen molar-refractivity contribution in [2.24, 2.45) is 4.99 Å². The molecule has 7 nitrogen and oxygen atoms in total. The molecule has 0 fully saturated rings. The molecular formula is C15H15FN6O. The highest BCUT2D eigenvalue weighted by molar-refractivity contribution is 5.83. The number of nitrogens with zero attached hydrogens (tertiary/aromatic N) is 6. The van der Waals surface area contributed by atoms with Crippen LogP contribution in [-0.4, -0.2) is 55.6 Å². The highest BCUT2D eigenvalue weighted by Gasteiger charge is 2.40. The van der Waals surface area contributed by atoms with Crippen molar-refractivity contribution < 1.29 is 9.50 Å². The molecule has 0 bridgehead atoms. The summed E-state index contributed by atoms with van der Waals surface area (Å²) in [5, 5.41) is 10.0. The maximum Gasteiger partial charge on any atom is 0.184 e. The predicted molar refractivity (Wildman–Crippen MR) is 83.8 cm³/mol. The Balaban J connectivity index is 2.02. The van der Waals surface area contributed by atoms with Gasteiger partial charge >= 0.3 is 0 Å². The molecule has 0 amide bonds. The maximum atomic E-state index is 13.9. The van der Waals surface area contributed by atoms with E-state index < -0.39 is 17.5 Å². The number of halogens is 1. The first kappa shape index (κ1) is 15.1. The van der Waals surface area contributed by atoms with Crippen molar-refractivity contribution >= 4 is 23.3 Å². The molecule has 3 rings (SSSR count). The summed E-state index contributed by atoms with van der Waals surface area (Å²) in [6, 6.07) is -0.471. The quantitative estimate of drug-likeness (QED) is 0.523. The zero-order valence-corrected chi connectivity index (χ0v) is 12.7. The molecule has 0 aromatic carbocycles. The first-order valence-electron chi connectivity index (χ1n) is 6.90. The molecule has 0 unspecified atom stereocenters. The number of terminal acetylenes is 1. The lowest BCUT2D eigenvalue weighted by Crippen LogP contribution is -2.25. The van der Waals surface area contributed by atoms with Gasteiger partial charge in [-0.2, -0.15) is 0 Å². The third kappa shape index (κ3) is 2.55. The van der Waals surface area contributed by atoms with Crippen LogP contribution in [0.1, 0.15) is 12.5 Å². The van der Waals surface area contributed by atoms with Crippen LogP contribution >= 0.6 is 0 Å². The third-order valence-corrected chi connectivity index (χ3v) is 3.58. The van der Waals surface area contributed by atoms with Gasteiger partial charge in [-0.3, -0.25) is 0 Å². The molecular weight excluding hydrogens is 299 g/mol. The summed E-state index contributed by atoms with van der Waals surface area (Å²) in [4.78, 5) is 18.6. The van der Waals surface area contributed by atoms with E-state index in [1.54, 1.807) is 15.8 Å². The first-order chi connectivity index (χ1) is 10.9. The van der Waals surface area contributed by atoms with Gasteiger partial charge in [-0.1, -0.05) is 5.92 Å². The van der Waals surface area contributed by atoms with Crippen LogP contribution in [0.15, 0.2) is 29.5 Å². The second-order valence-electron chi connectivity index (χ2n) is 5.52. The zero-order chi connectivity index (χ0) is 16.6. The van der Waals surface area contributed by atoms with Crippen LogP contribution in [0.25, 0.3) is 11.2 Å². The molecule has 2 aromatic heterocycles. The van der Waals surface area contributed by atoms with Gasteiger partial charge in [0.15, 0.2) is 22.6 Å². The molecule has 1 aliphatic carbocycles. The predicted octanol–water partition coefficient (Wildman–Crippen LogP) is 1.21. The van der Waals surface area contributed by atoms with Crippen molar-refractivity contribution in [3.63, 3.8) is 0 Å². The fraction of sp³-hybridized carbons (Fsp3) is 0.333. The van der Waals surface area contributed by atoms with Crippen molar-refractivity contribution in [1.29, 1.82) is 0 Å². The van der Waals surface area contributed by atoms with E-state index in [2.05, 4.69) is 25.9 Å². The molecule has 2 atom stereocenters. The van der Waals surface area contributed by atoms with Gasteiger partial charge in [0, 0.05) is 20.5 Å². The summed E-state index contributed by atoms with van der Waals surface area (Å²) < 4.78 is 15.5. The topological polar surface area (TPSA) is 79.4 Å². The van der Waals surface area contributed by atoms with Crippen molar-refractivity contribution in [3.05, 3.63) is 24.6 Å². The average molecular weight is 314 g/mol. The minimum Gasteiger partial charge on any atom is -0.371 e. The van der Waals surface area contributed by atoms with Gasteiger partial charge < -0.3 is 14.6 Å². The lowest BCUT2D eigenvalue weighted by molar-refractivity contribution is 0.110. The number of rotatable bonds is 3. The minimum absolute atomic E-state index is 0.0289. The Bertz CT molecular complexity index is 849. The van der Waals surface area contributed by atoms with Gasteiger partial charge in [0.1, 0.15) is 12.2 Å². The summed E-state index contributed by atoms with van der Waals surface area (Å²) in [7, 11) is 3.68. The Morgan fingerprint density at radius 3 is 2.96 bits per heavy atom. The smallest absolute Gasteiger partial charge is 0.184 e. The molecule has 2 heterocycles. The average Bonchev–Trinajstić information content (AvgIpc) is 3.07. The van der Waals surface area contributed by atoms with E-state index in [0.29, 0.717) is 17.0 Å². The van der Waals surface area contributed by atoms with Gasteiger partial charge in [-0.15, -0.1) is 6.42 Å². The van der Waals surface area contributed by atoms with Crippen molar-refractivity contribution in [1.82, 2.24) is 24.4 Å². The Labute approximate surface area is 132 Å². The van der Waals surface area contributed by atoms with Crippen LogP contribution in [0.2, 0.25) is 0 Å².